The highest BCUT2D eigenvalue weighted by molar-refractivity contribution is 5.84. The zero-order valence-corrected chi connectivity index (χ0v) is 11.8. The molecule has 2 N–H and O–H groups in total. The molecule has 0 saturated carbocycles. The van der Waals surface area contributed by atoms with E-state index in [4.69, 9.17) is 5.21 Å². The number of hydrogen-bond donors (Lipinski definition) is 2. The van der Waals surface area contributed by atoms with Gasteiger partial charge < -0.3 is 10.5 Å². The lowest BCUT2D eigenvalue weighted by Gasteiger charge is -2.39. The van der Waals surface area contributed by atoms with E-state index >= 15 is 0 Å². The predicted octanol–water partition coefficient (Wildman–Crippen LogP) is 0.0381. The first kappa shape index (κ1) is 14.9. The van der Waals surface area contributed by atoms with E-state index < -0.39 is 5.41 Å². The summed E-state index contributed by atoms with van der Waals surface area (Å²) >= 11 is 0. The van der Waals surface area contributed by atoms with Crippen LogP contribution in [0.3, 0.4) is 0 Å². The van der Waals surface area contributed by atoms with E-state index in [1.54, 1.807) is 7.05 Å². The molecular formula is C12H24N4O2. The Balaban J connectivity index is 3.09. The van der Waals surface area contributed by atoms with Gasteiger partial charge in [-0.15, -0.1) is 5.16 Å². The maximum atomic E-state index is 12.2. The molecule has 6 nitrogen and oxygen atoms in total. The average Bonchev–Trinajstić information content (AvgIpc) is 2.60. The van der Waals surface area contributed by atoms with Crippen molar-refractivity contribution in [2.45, 2.75) is 20.0 Å². The first-order valence-corrected chi connectivity index (χ1v) is 6.15. The molecule has 0 spiro atoms. The lowest BCUT2D eigenvalue weighted by Crippen LogP contribution is -2.53. The van der Waals surface area contributed by atoms with Crippen molar-refractivity contribution in [3.63, 3.8) is 0 Å². The third-order valence-corrected chi connectivity index (χ3v) is 3.73. The van der Waals surface area contributed by atoms with E-state index in [2.05, 4.69) is 20.3 Å². The molecule has 0 aromatic heterocycles. The number of likely N-dealkylation sites (N-methyl/N-ethyl adjacent to an activating group) is 2. The minimum atomic E-state index is -0.521. The van der Waals surface area contributed by atoms with E-state index in [1.165, 1.54) is 6.21 Å². The van der Waals surface area contributed by atoms with Crippen LogP contribution >= 0.6 is 0 Å². The van der Waals surface area contributed by atoms with Crippen LogP contribution in [0.2, 0.25) is 0 Å². The zero-order chi connectivity index (χ0) is 13.9. The highest BCUT2D eigenvalue weighted by atomic mass is 16.4. The molecule has 18 heavy (non-hydrogen) atoms. The van der Waals surface area contributed by atoms with Crippen molar-refractivity contribution in [2.24, 2.45) is 16.5 Å². The maximum Gasteiger partial charge on any atom is 0.226 e. The fraction of sp³-hybridized carbons (Fsp3) is 0.833. The van der Waals surface area contributed by atoms with E-state index in [9.17, 15) is 4.79 Å². The Morgan fingerprint density at radius 3 is 2.33 bits per heavy atom. The quantitative estimate of drug-likeness (QED) is 0.423. The van der Waals surface area contributed by atoms with Crippen molar-refractivity contribution in [1.82, 2.24) is 15.1 Å². The summed E-state index contributed by atoms with van der Waals surface area (Å²) in [6.07, 6.45) is 1.45. The molecule has 104 valence electrons. The van der Waals surface area contributed by atoms with Crippen LogP contribution in [0, 0.1) is 11.3 Å². The minimum absolute atomic E-state index is 0.0120. The van der Waals surface area contributed by atoms with Crippen LogP contribution in [-0.2, 0) is 4.79 Å². The molecule has 0 radical (unpaired) electrons. The van der Waals surface area contributed by atoms with E-state index in [0.717, 1.165) is 13.1 Å². The van der Waals surface area contributed by atoms with Crippen molar-refractivity contribution in [1.29, 1.82) is 0 Å². The first-order chi connectivity index (χ1) is 8.35. The lowest BCUT2D eigenvalue weighted by atomic mass is 9.76. The Morgan fingerprint density at radius 2 is 1.94 bits per heavy atom. The Hall–Kier alpha value is -1.14. The van der Waals surface area contributed by atoms with Gasteiger partial charge in [0.1, 0.15) is 0 Å². The van der Waals surface area contributed by atoms with Crippen molar-refractivity contribution >= 4 is 12.1 Å². The zero-order valence-electron chi connectivity index (χ0n) is 11.8. The molecule has 0 aromatic rings. The van der Waals surface area contributed by atoms with Gasteiger partial charge in [0.2, 0.25) is 5.91 Å². The summed E-state index contributed by atoms with van der Waals surface area (Å²) in [7, 11) is 5.66. The minimum Gasteiger partial charge on any atom is -0.411 e. The van der Waals surface area contributed by atoms with Crippen LogP contribution in [0.4, 0.5) is 0 Å². The summed E-state index contributed by atoms with van der Waals surface area (Å²) in [5, 5.41) is 14.6. The average molecular weight is 256 g/mol. The molecule has 1 rings (SSSR count). The normalized spacial score (nSPS) is 21.6. The monoisotopic (exact) mass is 256 g/mol. The Labute approximate surface area is 109 Å². The summed E-state index contributed by atoms with van der Waals surface area (Å²) in [6, 6.07) is 0. The van der Waals surface area contributed by atoms with Crippen LogP contribution in [0.1, 0.15) is 13.8 Å². The van der Waals surface area contributed by atoms with Crippen LogP contribution in [0.15, 0.2) is 5.16 Å². The van der Waals surface area contributed by atoms with Gasteiger partial charge in [0.05, 0.1) is 18.3 Å². The van der Waals surface area contributed by atoms with Crippen LogP contribution in [0.5, 0.6) is 0 Å². The first-order valence-electron chi connectivity index (χ1n) is 6.15. The third kappa shape index (κ3) is 2.81. The molecule has 1 atom stereocenters. The van der Waals surface area contributed by atoms with E-state index in [1.807, 2.05) is 27.9 Å². The largest absolute Gasteiger partial charge is 0.411 e. The summed E-state index contributed by atoms with van der Waals surface area (Å²) in [5.41, 5.74) is -0.521. The molecule has 1 heterocycles. The highest BCUT2D eigenvalue weighted by Gasteiger charge is 2.45. The Kier molecular flexibility index (Phi) is 4.70. The van der Waals surface area contributed by atoms with Gasteiger partial charge in [-0.2, -0.15) is 0 Å². The Morgan fingerprint density at radius 1 is 1.44 bits per heavy atom. The maximum absolute atomic E-state index is 12.2. The number of oxime groups is 1. The second-order valence-corrected chi connectivity index (χ2v) is 5.53. The fourth-order valence-electron chi connectivity index (χ4n) is 2.67. The van der Waals surface area contributed by atoms with E-state index in [-0.39, 0.29) is 18.0 Å². The van der Waals surface area contributed by atoms with Gasteiger partial charge in [-0.1, -0.05) is 13.8 Å². The van der Waals surface area contributed by atoms with Gasteiger partial charge in [-0.05, 0) is 14.1 Å². The predicted molar refractivity (Wildman–Crippen MR) is 70.7 cm³/mol. The molecule has 0 bridgehead atoms. The number of carbonyl (C=O) groups excluding carboxylic acids is 1. The molecule has 1 saturated heterocycles. The van der Waals surface area contributed by atoms with Gasteiger partial charge in [0, 0.05) is 25.6 Å². The molecule has 6 heteroatoms. The molecule has 1 fully saturated rings. The molecule has 0 aromatic carbocycles. The summed E-state index contributed by atoms with van der Waals surface area (Å²) in [5.74, 6) is -0.332. The van der Waals surface area contributed by atoms with Gasteiger partial charge >= 0.3 is 0 Å². The molecule has 1 aliphatic rings. The number of nitrogens with zero attached hydrogens (tertiary/aromatic N) is 3. The fourth-order valence-corrected chi connectivity index (χ4v) is 2.67. The number of hydrogen-bond acceptors (Lipinski definition) is 5. The Bertz CT molecular complexity index is 320. The summed E-state index contributed by atoms with van der Waals surface area (Å²) in [4.78, 5) is 16.5. The number of amides is 1. The van der Waals surface area contributed by atoms with Gasteiger partial charge in [-0.3, -0.25) is 14.6 Å². The van der Waals surface area contributed by atoms with Gasteiger partial charge in [-0.25, -0.2) is 0 Å². The highest BCUT2D eigenvalue weighted by Crippen LogP contribution is 2.33. The second kappa shape index (κ2) is 5.67. The lowest BCUT2D eigenvalue weighted by molar-refractivity contribution is -0.131. The molecule has 0 aliphatic carbocycles. The summed E-state index contributed by atoms with van der Waals surface area (Å²) in [6.45, 7) is 5.68. The molecule has 1 unspecified atom stereocenters. The summed E-state index contributed by atoms with van der Waals surface area (Å²) < 4.78 is 0. The standard InChI is InChI=1S/C12H24N4O2/c1-12(2,8-14-18)9(10(17)13-3)11-15(4)6-7-16(11)5/h8-9,11,18H,6-7H2,1-5H3,(H,13,17). The van der Waals surface area contributed by atoms with E-state index in [0.29, 0.717) is 0 Å². The molecule has 1 amide bonds. The van der Waals surface area contributed by atoms with Crippen LogP contribution in [-0.4, -0.2) is 67.5 Å². The van der Waals surface area contributed by atoms with Crippen molar-refractivity contribution in [2.75, 3.05) is 34.2 Å². The topological polar surface area (TPSA) is 68.2 Å². The van der Waals surface area contributed by atoms with Gasteiger partial charge in [0.15, 0.2) is 0 Å². The van der Waals surface area contributed by atoms with Crippen molar-refractivity contribution in [3.05, 3.63) is 0 Å². The molecule has 1 aliphatic heterocycles. The van der Waals surface area contributed by atoms with Crippen molar-refractivity contribution < 1.29 is 10.0 Å². The van der Waals surface area contributed by atoms with Crippen molar-refractivity contribution in [3.8, 4) is 0 Å². The molecular weight excluding hydrogens is 232 g/mol. The number of nitrogens with one attached hydrogen (secondary N) is 1. The SMILES string of the molecule is CNC(=O)C(C1N(C)CCN1C)C(C)(C)C=NO. The smallest absolute Gasteiger partial charge is 0.226 e. The van der Waals surface area contributed by atoms with Crippen LogP contribution in [0.25, 0.3) is 0 Å². The third-order valence-electron chi connectivity index (χ3n) is 3.73. The number of rotatable bonds is 4. The second-order valence-electron chi connectivity index (χ2n) is 5.53. The number of carbonyl (C=O) groups is 1. The van der Waals surface area contributed by atoms with Crippen LogP contribution < -0.4 is 5.32 Å². The van der Waals surface area contributed by atoms with Gasteiger partial charge in [0.25, 0.3) is 0 Å².